The summed E-state index contributed by atoms with van der Waals surface area (Å²) in [5.74, 6) is 1.61. The Hall–Kier alpha value is -1.83. The number of benzene rings is 1. The van der Waals surface area contributed by atoms with E-state index < -0.39 is 0 Å². The molecule has 0 amide bonds. The molecule has 0 aliphatic carbocycles. The summed E-state index contributed by atoms with van der Waals surface area (Å²) in [6.45, 7) is 3.06. The lowest BCUT2D eigenvalue weighted by Crippen LogP contribution is -2.46. The van der Waals surface area contributed by atoms with Crippen molar-refractivity contribution in [2.75, 3.05) is 61.2 Å². The Kier molecular flexibility index (Phi) is 8.34. The fraction of sp³-hybridized carbons (Fsp3) is 0.650. The monoisotopic (exact) mass is 378 g/mol. The molecule has 1 aliphatic heterocycles. The maximum absolute atomic E-state index is 9.38. The molecular formula is C20H34N4O3. The van der Waals surface area contributed by atoms with Gasteiger partial charge < -0.3 is 30.1 Å². The van der Waals surface area contributed by atoms with Gasteiger partial charge in [0.15, 0.2) is 5.96 Å². The predicted molar refractivity (Wildman–Crippen MR) is 108 cm³/mol. The van der Waals surface area contributed by atoms with Crippen molar-refractivity contribution in [3.05, 3.63) is 29.8 Å². The first-order chi connectivity index (χ1) is 13.0. The van der Waals surface area contributed by atoms with Crippen LogP contribution >= 0.6 is 0 Å². The van der Waals surface area contributed by atoms with Gasteiger partial charge in [-0.05, 0) is 44.6 Å². The van der Waals surface area contributed by atoms with Gasteiger partial charge in [-0.3, -0.25) is 4.99 Å². The van der Waals surface area contributed by atoms with Gasteiger partial charge in [-0.25, -0.2) is 0 Å². The molecule has 3 N–H and O–H groups in total. The van der Waals surface area contributed by atoms with Crippen LogP contribution in [0.4, 0.5) is 0 Å². The van der Waals surface area contributed by atoms with Gasteiger partial charge in [0.25, 0.3) is 0 Å². The van der Waals surface area contributed by atoms with Gasteiger partial charge in [-0.1, -0.05) is 12.1 Å². The Morgan fingerprint density at radius 1 is 1.41 bits per heavy atom. The Morgan fingerprint density at radius 3 is 2.81 bits per heavy atom. The van der Waals surface area contributed by atoms with E-state index in [0.717, 1.165) is 37.7 Å². The van der Waals surface area contributed by atoms with Crippen molar-refractivity contribution < 1.29 is 14.6 Å². The van der Waals surface area contributed by atoms with Crippen LogP contribution < -0.4 is 15.4 Å². The van der Waals surface area contributed by atoms with E-state index >= 15 is 0 Å². The normalized spacial score (nSPS) is 21.3. The van der Waals surface area contributed by atoms with Crippen LogP contribution in [0.2, 0.25) is 0 Å². The third-order valence-electron chi connectivity index (χ3n) is 5.25. The van der Waals surface area contributed by atoms with Crippen LogP contribution in [-0.2, 0) is 4.74 Å². The Labute approximate surface area is 162 Å². The maximum Gasteiger partial charge on any atom is 0.191 e. The molecule has 27 heavy (non-hydrogen) atoms. The third-order valence-corrected chi connectivity index (χ3v) is 5.25. The summed E-state index contributed by atoms with van der Waals surface area (Å²) in [6, 6.07) is 8.32. The first kappa shape index (κ1) is 21.5. The van der Waals surface area contributed by atoms with Crippen molar-refractivity contribution in [3.8, 4) is 5.75 Å². The number of aliphatic imine (C=N–C) groups is 1. The third kappa shape index (κ3) is 6.09. The second-order valence-electron chi connectivity index (χ2n) is 7.34. The molecule has 2 unspecified atom stereocenters. The van der Waals surface area contributed by atoms with Crippen LogP contribution in [0.15, 0.2) is 29.3 Å². The fourth-order valence-electron chi connectivity index (χ4n) is 3.44. The highest BCUT2D eigenvalue weighted by atomic mass is 16.5. The molecule has 7 nitrogen and oxygen atoms in total. The van der Waals surface area contributed by atoms with Crippen molar-refractivity contribution in [1.29, 1.82) is 0 Å². The molecule has 1 saturated heterocycles. The zero-order chi connectivity index (χ0) is 19.7. The molecule has 2 rings (SSSR count). The minimum absolute atomic E-state index is 0.0138. The fourth-order valence-corrected chi connectivity index (χ4v) is 3.44. The molecule has 1 fully saturated rings. The van der Waals surface area contributed by atoms with Gasteiger partial charge in [0.1, 0.15) is 5.75 Å². The first-order valence-corrected chi connectivity index (χ1v) is 9.47. The number of rotatable bonds is 9. The average Bonchev–Trinajstić information content (AvgIpc) is 3.13. The predicted octanol–water partition coefficient (Wildman–Crippen LogP) is 1.25. The number of aliphatic hydroxyl groups excluding tert-OH is 1. The zero-order valence-corrected chi connectivity index (χ0v) is 17.0. The topological polar surface area (TPSA) is 78.4 Å². The number of likely N-dealkylation sites (N-methyl/N-ethyl adjacent to an activating group) is 1. The van der Waals surface area contributed by atoms with Crippen LogP contribution in [0, 0.1) is 5.41 Å². The Bertz CT molecular complexity index is 601. The lowest BCUT2D eigenvalue weighted by molar-refractivity contribution is 0.127. The van der Waals surface area contributed by atoms with Crippen molar-refractivity contribution >= 4 is 5.96 Å². The van der Waals surface area contributed by atoms with Gasteiger partial charge >= 0.3 is 0 Å². The van der Waals surface area contributed by atoms with E-state index in [1.165, 1.54) is 5.56 Å². The van der Waals surface area contributed by atoms with E-state index in [1.807, 2.05) is 12.1 Å². The van der Waals surface area contributed by atoms with Crippen LogP contribution in [0.5, 0.6) is 5.75 Å². The van der Waals surface area contributed by atoms with Crippen molar-refractivity contribution in [1.82, 2.24) is 15.5 Å². The van der Waals surface area contributed by atoms with E-state index in [2.05, 4.69) is 46.8 Å². The van der Waals surface area contributed by atoms with E-state index in [4.69, 9.17) is 9.47 Å². The number of methoxy groups -OCH3 is 1. The minimum Gasteiger partial charge on any atom is -0.497 e. The number of ether oxygens (including phenoxy) is 2. The number of nitrogens with zero attached hydrogens (tertiary/aromatic N) is 2. The molecule has 1 aliphatic rings. The second kappa shape index (κ2) is 10.5. The molecule has 152 valence electrons. The molecule has 1 aromatic carbocycles. The molecule has 1 heterocycles. The van der Waals surface area contributed by atoms with Crippen LogP contribution in [-0.4, -0.2) is 77.1 Å². The van der Waals surface area contributed by atoms with Gasteiger partial charge in [0, 0.05) is 38.8 Å². The van der Waals surface area contributed by atoms with Gasteiger partial charge in [-0.2, -0.15) is 0 Å². The molecular weight excluding hydrogens is 344 g/mol. The lowest BCUT2D eigenvalue weighted by Gasteiger charge is -2.29. The van der Waals surface area contributed by atoms with Crippen LogP contribution in [0.3, 0.4) is 0 Å². The number of aliphatic hydroxyl groups is 1. The average molecular weight is 379 g/mol. The van der Waals surface area contributed by atoms with Crippen LogP contribution in [0.1, 0.15) is 24.4 Å². The molecule has 0 spiro atoms. The maximum atomic E-state index is 9.38. The smallest absolute Gasteiger partial charge is 0.191 e. The molecule has 0 aromatic heterocycles. The van der Waals surface area contributed by atoms with E-state index in [9.17, 15) is 5.11 Å². The summed E-state index contributed by atoms with van der Waals surface area (Å²) in [4.78, 5) is 6.52. The quantitative estimate of drug-likeness (QED) is 0.443. The Balaban J connectivity index is 1.96. The lowest BCUT2D eigenvalue weighted by atomic mass is 9.84. The minimum atomic E-state index is -0.0138. The number of hydrogen-bond acceptors (Lipinski definition) is 5. The van der Waals surface area contributed by atoms with Gasteiger partial charge in [-0.15, -0.1) is 0 Å². The highest BCUT2D eigenvalue weighted by Gasteiger charge is 2.34. The second-order valence-corrected chi connectivity index (χ2v) is 7.34. The number of guanidine groups is 1. The molecule has 0 bridgehead atoms. The van der Waals surface area contributed by atoms with Gasteiger partial charge in [0.2, 0.25) is 0 Å². The first-order valence-electron chi connectivity index (χ1n) is 9.47. The molecule has 0 saturated carbocycles. The SMILES string of the molecule is CN=C(NCC(c1cccc(OC)c1)N(C)C)NCC1(CCO)CCOC1. The summed E-state index contributed by atoms with van der Waals surface area (Å²) in [5.41, 5.74) is 1.17. The largest absolute Gasteiger partial charge is 0.497 e. The molecule has 1 aromatic rings. The number of nitrogens with one attached hydrogen (secondary N) is 2. The van der Waals surface area contributed by atoms with E-state index in [-0.39, 0.29) is 18.1 Å². The van der Waals surface area contributed by atoms with Crippen molar-refractivity contribution in [2.24, 2.45) is 10.4 Å². The molecule has 2 atom stereocenters. The standard InChI is InChI=1S/C20H34N4O3/c1-21-19(23-14-20(8-10-25)9-11-27-15-20)22-13-18(24(2)3)16-6-5-7-17(12-16)26-4/h5-7,12,18,25H,8-11,13-15H2,1-4H3,(H2,21,22,23). The van der Waals surface area contributed by atoms with Gasteiger partial charge in [0.05, 0.1) is 19.8 Å². The highest BCUT2D eigenvalue weighted by molar-refractivity contribution is 5.79. The zero-order valence-electron chi connectivity index (χ0n) is 17.0. The molecule has 0 radical (unpaired) electrons. The van der Waals surface area contributed by atoms with Crippen molar-refractivity contribution in [3.63, 3.8) is 0 Å². The summed E-state index contributed by atoms with van der Waals surface area (Å²) in [7, 11) is 7.58. The summed E-state index contributed by atoms with van der Waals surface area (Å²) < 4.78 is 10.9. The number of hydrogen-bond donors (Lipinski definition) is 3. The highest BCUT2D eigenvalue weighted by Crippen LogP contribution is 2.31. The van der Waals surface area contributed by atoms with E-state index in [1.54, 1.807) is 14.2 Å². The van der Waals surface area contributed by atoms with E-state index in [0.29, 0.717) is 13.2 Å². The van der Waals surface area contributed by atoms with Crippen LogP contribution in [0.25, 0.3) is 0 Å². The summed E-state index contributed by atoms with van der Waals surface area (Å²) in [5, 5.41) is 16.2. The molecule has 7 heteroatoms. The van der Waals surface area contributed by atoms with Crippen molar-refractivity contribution in [2.45, 2.75) is 18.9 Å². The summed E-state index contributed by atoms with van der Waals surface area (Å²) >= 11 is 0. The Morgan fingerprint density at radius 2 is 2.22 bits per heavy atom. The summed E-state index contributed by atoms with van der Waals surface area (Å²) in [6.07, 6.45) is 1.70.